The van der Waals surface area contributed by atoms with Crippen LogP contribution in [-0.2, 0) is 17.1 Å². The Bertz CT molecular complexity index is 268. The normalized spacial score (nSPS) is 18.0. The molecule has 3 heteroatoms. The molecule has 0 nitrogen and oxygen atoms in total. The van der Waals surface area contributed by atoms with Gasteiger partial charge in [-0.1, -0.05) is 96.9 Å². The van der Waals surface area contributed by atoms with Crippen LogP contribution in [0.25, 0.3) is 0 Å². The first-order valence-electron chi connectivity index (χ1n) is 10.8. The first kappa shape index (κ1) is 33.0. The van der Waals surface area contributed by atoms with Crippen LogP contribution < -0.4 is 0 Å². The van der Waals surface area contributed by atoms with Crippen molar-refractivity contribution in [3.63, 3.8) is 0 Å². The summed E-state index contributed by atoms with van der Waals surface area (Å²) in [7, 11) is 0.640. The molecule has 2 rings (SSSR count). The van der Waals surface area contributed by atoms with Gasteiger partial charge in [-0.2, -0.15) is 0 Å². The maximum atomic E-state index is 2.42. The molecule has 0 saturated heterocycles. The SMILES string of the molecule is CC(C)P(C(C)C)C1CCCC1.CC(C)P(C(C)C)C1CCCC1.[CH3-].[CH3-].[Fe+2]. The molecule has 0 spiro atoms. The fourth-order valence-electron chi connectivity index (χ4n) is 5.28. The maximum Gasteiger partial charge on any atom is 2.00 e. The Labute approximate surface area is 188 Å². The Morgan fingerprint density at radius 1 is 0.481 bits per heavy atom. The van der Waals surface area contributed by atoms with Gasteiger partial charge in [0.2, 0.25) is 0 Å². The molecular weight excluding hydrogens is 406 g/mol. The topological polar surface area (TPSA) is 0 Å². The first-order chi connectivity index (χ1) is 11.3. The van der Waals surface area contributed by atoms with E-state index in [1.165, 1.54) is 51.4 Å². The van der Waals surface area contributed by atoms with Crippen molar-refractivity contribution in [3.8, 4) is 0 Å². The number of rotatable bonds is 6. The van der Waals surface area contributed by atoms with Crippen LogP contribution in [0.15, 0.2) is 0 Å². The van der Waals surface area contributed by atoms with Crippen molar-refractivity contribution in [1.29, 1.82) is 0 Å². The van der Waals surface area contributed by atoms with Crippen LogP contribution in [0.4, 0.5) is 0 Å². The first-order valence-corrected chi connectivity index (χ1v) is 13.9. The fraction of sp³-hybridized carbons (Fsp3) is 0.917. The van der Waals surface area contributed by atoms with Gasteiger partial charge in [-0.25, -0.2) is 0 Å². The van der Waals surface area contributed by atoms with Gasteiger partial charge in [0.15, 0.2) is 0 Å². The van der Waals surface area contributed by atoms with Gasteiger partial charge in [-0.05, 0) is 59.6 Å². The summed E-state index contributed by atoms with van der Waals surface area (Å²) in [6.07, 6.45) is 12.1. The van der Waals surface area contributed by atoms with Crippen LogP contribution in [0.3, 0.4) is 0 Å². The van der Waals surface area contributed by atoms with Crippen molar-refractivity contribution in [1.82, 2.24) is 0 Å². The van der Waals surface area contributed by atoms with Gasteiger partial charge in [-0.15, -0.1) is 0 Å². The van der Waals surface area contributed by atoms with Gasteiger partial charge in [0.1, 0.15) is 0 Å². The Hall–Kier alpha value is 1.38. The largest absolute Gasteiger partial charge is 2.00 e. The van der Waals surface area contributed by atoms with E-state index in [0.29, 0.717) is 15.8 Å². The monoisotopic (exact) mass is 458 g/mol. The Kier molecular flexibility index (Phi) is 20.9. The fourth-order valence-corrected chi connectivity index (χ4v) is 13.0. The van der Waals surface area contributed by atoms with Crippen molar-refractivity contribution in [2.45, 2.75) is 141 Å². The predicted octanol–water partition coefficient (Wildman–Crippen LogP) is 9.35. The van der Waals surface area contributed by atoms with E-state index in [1.54, 1.807) is 0 Å². The van der Waals surface area contributed by atoms with Crippen LogP contribution in [0.1, 0.15) is 107 Å². The number of hydrogen-bond donors (Lipinski definition) is 0. The molecule has 166 valence electrons. The summed E-state index contributed by atoms with van der Waals surface area (Å²) in [5, 5.41) is 0. The van der Waals surface area contributed by atoms with Crippen LogP contribution in [0.5, 0.6) is 0 Å². The molecule has 0 aromatic rings. The molecule has 2 aliphatic carbocycles. The summed E-state index contributed by atoms with van der Waals surface area (Å²) < 4.78 is 0. The summed E-state index contributed by atoms with van der Waals surface area (Å²) in [4.78, 5) is 0. The summed E-state index contributed by atoms with van der Waals surface area (Å²) in [5.41, 5.74) is 6.01. The molecule has 0 atom stereocenters. The molecular formula is C24H52FeP2. The maximum absolute atomic E-state index is 2.42. The summed E-state index contributed by atoms with van der Waals surface area (Å²) >= 11 is 0. The molecule has 2 aliphatic rings. The average Bonchev–Trinajstić information content (AvgIpc) is 3.11. The predicted molar refractivity (Wildman–Crippen MR) is 132 cm³/mol. The van der Waals surface area contributed by atoms with Crippen LogP contribution in [0, 0.1) is 14.9 Å². The molecule has 0 N–H and O–H groups in total. The zero-order chi connectivity index (χ0) is 18.3. The minimum Gasteiger partial charge on any atom is -0.358 e. The van der Waals surface area contributed by atoms with Gasteiger partial charge in [0.25, 0.3) is 0 Å². The molecule has 0 aromatic carbocycles. The van der Waals surface area contributed by atoms with Gasteiger partial charge in [-0.3, -0.25) is 0 Å². The van der Waals surface area contributed by atoms with Crippen molar-refractivity contribution >= 4 is 15.8 Å². The van der Waals surface area contributed by atoms with E-state index in [-0.39, 0.29) is 31.9 Å². The van der Waals surface area contributed by atoms with Crippen molar-refractivity contribution in [2.75, 3.05) is 0 Å². The second-order valence-electron chi connectivity index (χ2n) is 9.15. The molecule has 2 fully saturated rings. The molecule has 27 heavy (non-hydrogen) atoms. The second-order valence-corrected chi connectivity index (χ2v) is 16.5. The molecule has 0 radical (unpaired) electrons. The van der Waals surface area contributed by atoms with E-state index in [2.05, 4.69) is 55.4 Å². The van der Waals surface area contributed by atoms with E-state index in [0.717, 1.165) is 34.0 Å². The minimum atomic E-state index is 0. The molecule has 0 heterocycles. The van der Waals surface area contributed by atoms with Crippen molar-refractivity contribution < 1.29 is 17.1 Å². The summed E-state index contributed by atoms with van der Waals surface area (Å²) in [5.74, 6) is 0. The van der Waals surface area contributed by atoms with Gasteiger partial charge < -0.3 is 14.9 Å². The van der Waals surface area contributed by atoms with Gasteiger partial charge in [0, 0.05) is 0 Å². The van der Waals surface area contributed by atoms with Gasteiger partial charge in [0.05, 0.1) is 0 Å². The Morgan fingerprint density at radius 3 is 0.815 bits per heavy atom. The molecule has 0 bridgehead atoms. The van der Waals surface area contributed by atoms with Crippen molar-refractivity contribution in [2.24, 2.45) is 0 Å². The molecule has 0 amide bonds. The summed E-state index contributed by atoms with van der Waals surface area (Å²) in [6.45, 7) is 19.4. The molecule has 2 saturated carbocycles. The zero-order valence-electron chi connectivity index (χ0n) is 20.4. The molecule has 0 aromatic heterocycles. The second kappa shape index (κ2) is 17.1. The molecule has 0 unspecified atom stereocenters. The Balaban J connectivity index is -0.000000384. The van der Waals surface area contributed by atoms with Crippen LogP contribution in [0.2, 0.25) is 0 Å². The van der Waals surface area contributed by atoms with Crippen molar-refractivity contribution in [3.05, 3.63) is 14.9 Å². The average molecular weight is 458 g/mol. The minimum absolute atomic E-state index is 0. The quantitative estimate of drug-likeness (QED) is 0.211. The van der Waals surface area contributed by atoms with E-state index in [1.807, 2.05) is 0 Å². The van der Waals surface area contributed by atoms with Crippen LogP contribution >= 0.6 is 15.8 Å². The third kappa shape index (κ3) is 11.4. The van der Waals surface area contributed by atoms with E-state index in [4.69, 9.17) is 0 Å². The standard InChI is InChI=1S/2C11H23P.2CH3.Fe/c2*1-9(2)12(10(3)4)11-7-5-6-8-11;;;/h2*9-11H,5-8H2,1-4H3;2*1H3;/q;;2*-1;+2. The third-order valence-corrected chi connectivity index (χ3v) is 13.4. The van der Waals surface area contributed by atoms with Gasteiger partial charge >= 0.3 is 17.1 Å². The molecule has 0 aliphatic heterocycles. The van der Waals surface area contributed by atoms with E-state index >= 15 is 0 Å². The summed E-state index contributed by atoms with van der Waals surface area (Å²) in [6, 6.07) is 0. The zero-order valence-corrected chi connectivity index (χ0v) is 23.3. The third-order valence-electron chi connectivity index (χ3n) is 5.88. The smallest absolute Gasteiger partial charge is 0.358 e. The van der Waals surface area contributed by atoms with E-state index < -0.39 is 0 Å². The number of hydrogen-bond acceptors (Lipinski definition) is 0. The van der Waals surface area contributed by atoms with Crippen LogP contribution in [-0.4, -0.2) is 34.0 Å². The van der Waals surface area contributed by atoms with E-state index in [9.17, 15) is 0 Å². The Morgan fingerprint density at radius 2 is 0.667 bits per heavy atom.